The maximum atomic E-state index is 12.4. The van der Waals surface area contributed by atoms with E-state index in [-0.39, 0.29) is 51.7 Å². The molecule has 324 valence electrons. The average Bonchev–Trinajstić information content (AvgIpc) is 3.40. The first kappa shape index (κ1) is 59.2. The van der Waals surface area contributed by atoms with E-state index in [1.807, 2.05) is 46.9 Å². The van der Waals surface area contributed by atoms with Crippen LogP contribution in [-0.4, -0.2) is 89.8 Å². The zero-order valence-electron chi connectivity index (χ0n) is 35.2. The minimum atomic E-state index is -0.820. The molecular formula is C44H71NO11S. The lowest BCUT2D eigenvalue weighted by Gasteiger charge is -2.21. The third kappa shape index (κ3) is 22.1. The zero-order valence-corrected chi connectivity index (χ0v) is 36.0. The minimum Gasteiger partial charge on any atom is -0.466 e. The standard InChI is InChI=1S/C17H13NO3.C8H14O4.C7H14O2S.C6H12O2.C4H10.2CH4/c1-11(15(19)12-7-3-2-4-8-12)18-16(20)13-9-5-6-10-14(13)17(18)21;1-4-11-7(9)6(3)8(10)12-5-2;1-5-9-6(8)7(2,3)10-4;1-4-8-6(7)5(2)3;1-4(2)3;;/h2-11H,1H3;6H,4-5H2,1-3H3;5H2,1-4H3;5H,4H2,1-3H3;4H,1-3H3;2*1H4. The van der Waals surface area contributed by atoms with Crippen molar-refractivity contribution in [3.05, 3.63) is 71.3 Å². The van der Waals surface area contributed by atoms with Crippen molar-refractivity contribution in [2.75, 3.05) is 32.7 Å². The number of hydrogen-bond donors (Lipinski definition) is 0. The van der Waals surface area contributed by atoms with Gasteiger partial charge in [0, 0.05) is 5.56 Å². The quantitative estimate of drug-likeness (QED) is 0.0658. The highest BCUT2D eigenvalue weighted by atomic mass is 32.2. The second kappa shape index (κ2) is 31.6. The molecule has 13 heteroatoms. The maximum Gasteiger partial charge on any atom is 0.321 e. The first-order valence-electron chi connectivity index (χ1n) is 18.5. The number of ketones is 1. The Labute approximate surface area is 347 Å². The van der Waals surface area contributed by atoms with Gasteiger partial charge in [0.15, 0.2) is 11.7 Å². The summed E-state index contributed by atoms with van der Waals surface area (Å²) in [7, 11) is 0. The van der Waals surface area contributed by atoms with Gasteiger partial charge in [-0.1, -0.05) is 91.9 Å². The Balaban J connectivity index is -0.000000338. The molecule has 0 spiro atoms. The van der Waals surface area contributed by atoms with Crippen molar-refractivity contribution < 1.29 is 52.5 Å². The van der Waals surface area contributed by atoms with Crippen molar-refractivity contribution >= 4 is 53.2 Å². The van der Waals surface area contributed by atoms with Crippen molar-refractivity contribution in [3.8, 4) is 0 Å². The van der Waals surface area contributed by atoms with Crippen LogP contribution in [0.4, 0.5) is 0 Å². The Morgan fingerprint density at radius 1 is 0.614 bits per heavy atom. The molecule has 0 bridgehead atoms. The van der Waals surface area contributed by atoms with E-state index in [0.717, 1.165) is 10.8 Å². The van der Waals surface area contributed by atoms with Crippen LogP contribution in [0, 0.1) is 17.8 Å². The van der Waals surface area contributed by atoms with Crippen LogP contribution in [0.3, 0.4) is 0 Å². The molecule has 2 aromatic carbocycles. The van der Waals surface area contributed by atoms with Crippen LogP contribution in [0.25, 0.3) is 0 Å². The van der Waals surface area contributed by atoms with Gasteiger partial charge in [0.05, 0.1) is 43.5 Å². The second-order valence-electron chi connectivity index (χ2n) is 13.2. The minimum absolute atomic E-state index is 0. The lowest BCUT2D eigenvalue weighted by atomic mass is 10.0. The van der Waals surface area contributed by atoms with Gasteiger partial charge in [-0.2, -0.15) is 0 Å². The van der Waals surface area contributed by atoms with Crippen LogP contribution in [0.1, 0.15) is 136 Å². The molecule has 1 aliphatic heterocycles. The zero-order chi connectivity index (χ0) is 42.9. The summed E-state index contributed by atoms with van der Waals surface area (Å²) in [5, 5.41) is 0. The van der Waals surface area contributed by atoms with Gasteiger partial charge in [0.2, 0.25) is 0 Å². The Bertz CT molecular complexity index is 1450. The van der Waals surface area contributed by atoms with Crippen LogP contribution >= 0.6 is 11.8 Å². The molecular weight excluding hydrogens is 751 g/mol. The number of benzene rings is 2. The topological polar surface area (TPSA) is 160 Å². The molecule has 12 nitrogen and oxygen atoms in total. The fraction of sp³-hybridized carbons (Fsp3) is 0.568. The molecule has 3 rings (SSSR count). The molecule has 1 atom stereocenters. The van der Waals surface area contributed by atoms with Crippen molar-refractivity contribution in [1.82, 2.24) is 4.90 Å². The van der Waals surface area contributed by atoms with E-state index in [9.17, 15) is 33.6 Å². The van der Waals surface area contributed by atoms with E-state index in [2.05, 4.69) is 35.0 Å². The summed E-state index contributed by atoms with van der Waals surface area (Å²) < 4.78 is 18.4. The van der Waals surface area contributed by atoms with Gasteiger partial charge in [-0.15, -0.1) is 11.8 Å². The maximum absolute atomic E-state index is 12.4. The SMILES string of the molecule is C.C.CC(C(=O)c1ccccc1)N1C(=O)c2ccccc2C1=O.CC(C)C.CCOC(=O)C(C)(C)SC.CCOC(=O)C(C)C.CCOC(=O)C(C)C(=O)OCC. The van der Waals surface area contributed by atoms with Gasteiger partial charge in [0.1, 0.15) is 10.8 Å². The summed E-state index contributed by atoms with van der Waals surface area (Å²) >= 11 is 1.50. The molecule has 0 saturated heterocycles. The number of ether oxygens (including phenoxy) is 4. The van der Waals surface area contributed by atoms with Crippen molar-refractivity contribution in [3.63, 3.8) is 0 Å². The largest absolute Gasteiger partial charge is 0.466 e. The smallest absolute Gasteiger partial charge is 0.321 e. The average molecular weight is 822 g/mol. The van der Waals surface area contributed by atoms with Gasteiger partial charge in [-0.25, -0.2) is 0 Å². The first-order valence-corrected chi connectivity index (χ1v) is 19.7. The van der Waals surface area contributed by atoms with Gasteiger partial charge in [0.25, 0.3) is 11.8 Å². The molecule has 0 fully saturated rings. The molecule has 0 radical (unpaired) electrons. The fourth-order valence-electron chi connectivity index (χ4n) is 3.85. The summed E-state index contributed by atoms with van der Waals surface area (Å²) in [5.41, 5.74) is 1.20. The van der Waals surface area contributed by atoms with Gasteiger partial charge in [-0.3, -0.25) is 38.5 Å². The lowest BCUT2D eigenvalue weighted by molar-refractivity contribution is -0.160. The third-order valence-electron chi connectivity index (χ3n) is 6.97. The van der Waals surface area contributed by atoms with Crippen LogP contribution in [-0.2, 0) is 38.1 Å². The lowest BCUT2D eigenvalue weighted by Crippen LogP contribution is -2.42. The van der Waals surface area contributed by atoms with E-state index in [4.69, 9.17) is 4.74 Å². The predicted molar refractivity (Wildman–Crippen MR) is 229 cm³/mol. The van der Waals surface area contributed by atoms with E-state index >= 15 is 0 Å². The van der Waals surface area contributed by atoms with E-state index in [1.165, 1.54) is 18.7 Å². The number of thioether (sulfide) groups is 1. The molecule has 0 saturated carbocycles. The van der Waals surface area contributed by atoms with E-state index in [0.29, 0.717) is 29.9 Å². The molecule has 2 amide bonds. The summed E-state index contributed by atoms with van der Waals surface area (Å²) in [4.78, 5) is 81.6. The number of rotatable bonds is 12. The summed E-state index contributed by atoms with van der Waals surface area (Å²) in [6.07, 6.45) is 1.90. The van der Waals surface area contributed by atoms with Gasteiger partial charge < -0.3 is 18.9 Å². The second-order valence-corrected chi connectivity index (χ2v) is 14.7. The molecule has 1 aliphatic rings. The highest BCUT2D eigenvalue weighted by molar-refractivity contribution is 8.00. The molecule has 57 heavy (non-hydrogen) atoms. The van der Waals surface area contributed by atoms with Crippen molar-refractivity contribution in [2.45, 2.75) is 116 Å². The van der Waals surface area contributed by atoms with Crippen molar-refractivity contribution in [1.29, 1.82) is 0 Å². The van der Waals surface area contributed by atoms with Crippen LogP contribution in [0.5, 0.6) is 0 Å². The summed E-state index contributed by atoms with van der Waals surface area (Å²) in [6, 6.07) is 14.5. The van der Waals surface area contributed by atoms with Gasteiger partial charge >= 0.3 is 23.9 Å². The summed E-state index contributed by atoms with van der Waals surface area (Å²) in [6.45, 7) is 25.4. The molecule has 0 N–H and O–H groups in total. The molecule has 1 heterocycles. The predicted octanol–water partition coefficient (Wildman–Crippen LogP) is 9.13. The number of esters is 4. The highest BCUT2D eigenvalue weighted by Crippen LogP contribution is 2.26. The Morgan fingerprint density at radius 3 is 1.28 bits per heavy atom. The Hall–Kier alpha value is -4.52. The number of nitrogens with zero attached hydrogens (tertiary/aromatic N) is 1. The Kier molecular flexibility index (Phi) is 32.8. The van der Waals surface area contributed by atoms with E-state index < -0.39 is 40.5 Å². The Morgan fingerprint density at radius 2 is 0.965 bits per heavy atom. The first-order chi connectivity index (χ1) is 25.7. The number of fused-ring (bicyclic) bond motifs is 1. The molecule has 2 aromatic rings. The van der Waals surface area contributed by atoms with E-state index in [1.54, 1.807) is 76.2 Å². The third-order valence-corrected chi connectivity index (χ3v) is 8.15. The molecule has 0 aliphatic carbocycles. The number of hydrogen-bond acceptors (Lipinski definition) is 12. The highest BCUT2D eigenvalue weighted by Gasteiger charge is 2.40. The number of imide groups is 1. The van der Waals surface area contributed by atoms with Crippen LogP contribution in [0.15, 0.2) is 54.6 Å². The van der Waals surface area contributed by atoms with Crippen LogP contribution < -0.4 is 0 Å². The van der Waals surface area contributed by atoms with Gasteiger partial charge in [-0.05, 0) is 79.7 Å². The monoisotopic (exact) mass is 821 g/mol. The number of carbonyl (C=O) groups excluding carboxylic acids is 7. The number of Topliss-reactive ketones (excluding diaryl/α,β-unsaturated/α-hetero) is 1. The van der Waals surface area contributed by atoms with Crippen molar-refractivity contribution in [2.24, 2.45) is 17.8 Å². The van der Waals surface area contributed by atoms with Crippen LogP contribution in [0.2, 0.25) is 0 Å². The summed E-state index contributed by atoms with van der Waals surface area (Å²) in [5.74, 6) is -2.35. The number of carbonyl (C=O) groups is 7. The number of amides is 2. The molecule has 0 aromatic heterocycles. The fourth-order valence-corrected chi connectivity index (χ4v) is 4.07. The normalized spacial score (nSPS) is 11.5. The molecule has 1 unspecified atom stereocenters.